The minimum atomic E-state index is -0.383. The summed E-state index contributed by atoms with van der Waals surface area (Å²) < 4.78 is 0.960. The van der Waals surface area contributed by atoms with E-state index < -0.39 is 0 Å². The molecule has 0 unspecified atom stereocenters. The summed E-state index contributed by atoms with van der Waals surface area (Å²) in [5.74, 6) is -0.383. The van der Waals surface area contributed by atoms with Gasteiger partial charge >= 0.3 is 0 Å². The molecule has 0 fully saturated rings. The molecule has 2 aromatic carbocycles. The van der Waals surface area contributed by atoms with Gasteiger partial charge < -0.3 is 0 Å². The Morgan fingerprint density at radius 3 is 2.37 bits per heavy atom. The third-order valence-electron chi connectivity index (χ3n) is 2.31. The van der Waals surface area contributed by atoms with Crippen LogP contribution in [0.15, 0.2) is 75.4 Å². The summed E-state index contributed by atoms with van der Waals surface area (Å²) in [6.45, 7) is 0. The quantitative estimate of drug-likeness (QED) is 0.594. The van der Waals surface area contributed by atoms with Crippen molar-refractivity contribution in [2.24, 2.45) is 10.2 Å². The number of hydrogen-bond acceptors (Lipinski definition) is 2. The lowest BCUT2D eigenvalue weighted by Gasteiger charge is -1.91. The van der Waals surface area contributed by atoms with Crippen LogP contribution in [-0.4, -0.2) is 5.91 Å². The molecule has 0 radical (unpaired) electrons. The van der Waals surface area contributed by atoms with Crippen LogP contribution in [0.5, 0.6) is 0 Å². The molecule has 0 aromatic heterocycles. The van der Waals surface area contributed by atoms with Gasteiger partial charge in [-0.3, -0.25) is 4.79 Å². The van der Waals surface area contributed by atoms with E-state index in [4.69, 9.17) is 0 Å². The van der Waals surface area contributed by atoms with E-state index in [-0.39, 0.29) is 5.91 Å². The Hall–Kier alpha value is -2.07. The summed E-state index contributed by atoms with van der Waals surface area (Å²) in [5, 5.41) is 7.49. The van der Waals surface area contributed by atoms with E-state index in [0.717, 1.165) is 10.0 Å². The second kappa shape index (κ2) is 6.75. The first-order valence-electron chi connectivity index (χ1n) is 5.68. The summed E-state index contributed by atoms with van der Waals surface area (Å²) in [6.07, 6.45) is 3.11. The summed E-state index contributed by atoms with van der Waals surface area (Å²) >= 11 is 3.33. The minimum Gasteiger partial charge on any atom is -0.266 e. The van der Waals surface area contributed by atoms with E-state index in [2.05, 4.69) is 26.2 Å². The van der Waals surface area contributed by atoms with E-state index in [9.17, 15) is 4.79 Å². The summed E-state index contributed by atoms with van der Waals surface area (Å²) in [4.78, 5) is 11.5. The molecule has 3 nitrogen and oxygen atoms in total. The molecule has 0 atom stereocenters. The average Bonchev–Trinajstić information content (AvgIpc) is 2.45. The molecule has 94 valence electrons. The lowest BCUT2D eigenvalue weighted by molar-refractivity contribution is -0.113. The van der Waals surface area contributed by atoms with E-state index in [1.54, 1.807) is 18.2 Å². The Morgan fingerprint density at radius 1 is 1.00 bits per heavy atom. The zero-order valence-corrected chi connectivity index (χ0v) is 11.6. The highest BCUT2D eigenvalue weighted by Crippen LogP contribution is 2.17. The number of rotatable bonds is 3. The second-order valence-corrected chi connectivity index (χ2v) is 4.67. The first kappa shape index (κ1) is 13.4. The minimum absolute atomic E-state index is 0.383. The zero-order chi connectivity index (χ0) is 13.5. The normalized spacial score (nSPS) is 11.2. The Morgan fingerprint density at radius 2 is 1.68 bits per heavy atom. The fraction of sp³-hybridized carbons (Fsp3) is 0. The van der Waals surface area contributed by atoms with Crippen LogP contribution in [0.3, 0.4) is 0 Å². The molecular formula is C15H11BrN2O. The molecule has 4 heteroatoms. The van der Waals surface area contributed by atoms with E-state index in [1.807, 2.05) is 42.5 Å². The van der Waals surface area contributed by atoms with Gasteiger partial charge in [-0.25, -0.2) is 0 Å². The molecule has 0 aliphatic carbocycles. The molecule has 19 heavy (non-hydrogen) atoms. The standard InChI is InChI=1S/C15H11BrN2O/c16-13-7-9-14(10-8-13)17-18-15(19)11-6-12-4-2-1-3-5-12/h1-11H/b11-6+,18-17?. The topological polar surface area (TPSA) is 41.8 Å². The van der Waals surface area contributed by atoms with Gasteiger partial charge in [0.1, 0.15) is 0 Å². The number of nitrogens with zero attached hydrogens (tertiary/aromatic N) is 2. The Labute approximate surface area is 119 Å². The van der Waals surface area contributed by atoms with Crippen LogP contribution in [-0.2, 0) is 4.79 Å². The van der Waals surface area contributed by atoms with Gasteiger partial charge in [-0.2, -0.15) is 0 Å². The number of carbonyl (C=O) groups excluding carboxylic acids is 1. The SMILES string of the molecule is O=C(/C=C/c1ccccc1)N=Nc1ccc(Br)cc1. The molecule has 2 aromatic rings. The van der Waals surface area contributed by atoms with Crippen molar-refractivity contribution >= 4 is 33.6 Å². The smallest absolute Gasteiger partial charge is 0.266 e. The van der Waals surface area contributed by atoms with Crippen LogP contribution >= 0.6 is 15.9 Å². The summed E-state index contributed by atoms with van der Waals surface area (Å²) in [6, 6.07) is 16.8. The fourth-order valence-electron chi connectivity index (χ4n) is 1.38. The van der Waals surface area contributed by atoms with Crippen LogP contribution in [0.2, 0.25) is 0 Å². The molecule has 2 rings (SSSR count). The van der Waals surface area contributed by atoms with E-state index >= 15 is 0 Å². The van der Waals surface area contributed by atoms with Crippen molar-refractivity contribution in [3.63, 3.8) is 0 Å². The van der Waals surface area contributed by atoms with E-state index in [1.165, 1.54) is 6.08 Å². The highest BCUT2D eigenvalue weighted by Gasteiger charge is 1.93. The predicted octanol–water partition coefficient (Wildman–Crippen LogP) is 4.77. The Balaban J connectivity index is 1.98. The summed E-state index contributed by atoms with van der Waals surface area (Å²) in [7, 11) is 0. The van der Waals surface area contributed by atoms with Crippen LogP contribution in [0, 0.1) is 0 Å². The molecule has 0 heterocycles. The van der Waals surface area contributed by atoms with Crippen LogP contribution in [0.1, 0.15) is 5.56 Å². The number of amides is 1. The third-order valence-corrected chi connectivity index (χ3v) is 2.84. The Kier molecular flexibility index (Phi) is 4.75. The predicted molar refractivity (Wildman–Crippen MR) is 79.1 cm³/mol. The van der Waals surface area contributed by atoms with Gasteiger partial charge in [0.05, 0.1) is 5.69 Å². The maximum atomic E-state index is 11.5. The maximum Gasteiger partial charge on any atom is 0.288 e. The highest BCUT2D eigenvalue weighted by atomic mass is 79.9. The maximum absolute atomic E-state index is 11.5. The van der Waals surface area contributed by atoms with Crippen molar-refractivity contribution in [1.29, 1.82) is 0 Å². The van der Waals surface area contributed by atoms with Crippen LogP contribution < -0.4 is 0 Å². The number of azo groups is 1. The second-order valence-electron chi connectivity index (χ2n) is 3.76. The van der Waals surface area contributed by atoms with Crippen molar-refractivity contribution in [2.75, 3.05) is 0 Å². The van der Waals surface area contributed by atoms with Crippen molar-refractivity contribution < 1.29 is 4.79 Å². The van der Waals surface area contributed by atoms with Crippen molar-refractivity contribution in [3.05, 3.63) is 70.7 Å². The van der Waals surface area contributed by atoms with Crippen molar-refractivity contribution in [1.82, 2.24) is 0 Å². The Bertz CT molecular complexity index is 604. The molecule has 0 bridgehead atoms. The zero-order valence-electron chi connectivity index (χ0n) is 10.0. The lowest BCUT2D eigenvalue weighted by Crippen LogP contribution is -1.83. The molecule has 0 aliphatic rings. The molecule has 1 amide bonds. The van der Waals surface area contributed by atoms with E-state index in [0.29, 0.717) is 5.69 Å². The highest BCUT2D eigenvalue weighted by molar-refractivity contribution is 9.10. The van der Waals surface area contributed by atoms with Crippen LogP contribution in [0.4, 0.5) is 5.69 Å². The number of carbonyl (C=O) groups is 1. The number of benzene rings is 2. The molecular weight excluding hydrogens is 304 g/mol. The first-order chi connectivity index (χ1) is 9.24. The largest absolute Gasteiger partial charge is 0.288 e. The van der Waals surface area contributed by atoms with Gasteiger partial charge in [-0.15, -0.1) is 10.2 Å². The molecule has 0 saturated heterocycles. The van der Waals surface area contributed by atoms with Crippen LogP contribution in [0.25, 0.3) is 6.08 Å². The number of halogens is 1. The molecule has 0 spiro atoms. The van der Waals surface area contributed by atoms with Gasteiger partial charge in [0.25, 0.3) is 5.91 Å². The van der Waals surface area contributed by atoms with Gasteiger partial charge in [0.2, 0.25) is 0 Å². The molecule has 0 aliphatic heterocycles. The van der Waals surface area contributed by atoms with Crippen molar-refractivity contribution in [2.45, 2.75) is 0 Å². The van der Waals surface area contributed by atoms with Gasteiger partial charge in [-0.05, 0) is 35.9 Å². The summed E-state index contributed by atoms with van der Waals surface area (Å²) in [5.41, 5.74) is 1.60. The lowest BCUT2D eigenvalue weighted by atomic mass is 10.2. The van der Waals surface area contributed by atoms with Gasteiger partial charge in [0, 0.05) is 10.5 Å². The molecule has 0 N–H and O–H groups in total. The average molecular weight is 315 g/mol. The van der Waals surface area contributed by atoms with Gasteiger partial charge in [-0.1, -0.05) is 46.3 Å². The van der Waals surface area contributed by atoms with Gasteiger partial charge in [0.15, 0.2) is 0 Å². The number of hydrogen-bond donors (Lipinski definition) is 0. The third kappa shape index (κ3) is 4.60. The van der Waals surface area contributed by atoms with Crippen molar-refractivity contribution in [3.8, 4) is 0 Å². The molecule has 0 saturated carbocycles. The first-order valence-corrected chi connectivity index (χ1v) is 6.48. The monoisotopic (exact) mass is 314 g/mol. The fourth-order valence-corrected chi connectivity index (χ4v) is 1.64.